The zero-order valence-electron chi connectivity index (χ0n) is 10.0. The van der Waals surface area contributed by atoms with Gasteiger partial charge in [0.1, 0.15) is 5.54 Å². The highest BCUT2D eigenvalue weighted by Gasteiger charge is 2.41. The van der Waals surface area contributed by atoms with Crippen molar-refractivity contribution in [2.45, 2.75) is 18.4 Å². The number of aromatic nitrogens is 2. The van der Waals surface area contributed by atoms with Crippen LogP contribution in [-0.2, 0) is 16.8 Å². The van der Waals surface area contributed by atoms with E-state index in [0.717, 1.165) is 34.9 Å². The van der Waals surface area contributed by atoms with Crippen LogP contribution in [-0.4, -0.2) is 15.8 Å². The van der Waals surface area contributed by atoms with Gasteiger partial charge in [0.05, 0.1) is 18.0 Å². The molecule has 2 heterocycles. The van der Waals surface area contributed by atoms with Gasteiger partial charge in [-0.15, -0.1) is 0 Å². The molecule has 5 heteroatoms. The largest absolute Gasteiger partial charge is 0.317 e. The molecule has 0 N–H and O–H groups in total. The van der Waals surface area contributed by atoms with E-state index in [2.05, 4.69) is 27.0 Å². The molecule has 0 saturated carbocycles. The lowest BCUT2D eigenvalue weighted by molar-refractivity contribution is -0.113. The van der Waals surface area contributed by atoms with Crippen molar-refractivity contribution in [3.8, 4) is 6.07 Å². The molecule has 0 radical (unpaired) electrons. The van der Waals surface area contributed by atoms with Crippen LogP contribution in [0.3, 0.4) is 0 Å². The molecule has 1 aliphatic heterocycles. The minimum Gasteiger partial charge on any atom is -0.317 e. The van der Waals surface area contributed by atoms with Gasteiger partial charge in [-0.2, -0.15) is 5.26 Å². The van der Waals surface area contributed by atoms with Gasteiger partial charge in [0.25, 0.3) is 0 Å². The maximum Gasteiger partial charge on any atom is 0.150 e. The highest BCUT2D eigenvalue weighted by molar-refractivity contribution is 9.10. The standard InChI is InChI=1S/C14H10BrN3O/c15-13-5-10(6-16)1-2-12(13)14(8-19)4-3-11-7-17-9-18(11)14/h1-2,5,7-9H,3-4H2. The average Bonchev–Trinajstić information content (AvgIpc) is 3.01. The zero-order chi connectivity index (χ0) is 13.5. The van der Waals surface area contributed by atoms with Gasteiger partial charge >= 0.3 is 0 Å². The lowest BCUT2D eigenvalue weighted by Gasteiger charge is -2.26. The van der Waals surface area contributed by atoms with E-state index in [0.29, 0.717) is 5.56 Å². The first-order chi connectivity index (χ1) is 9.21. The fraction of sp³-hybridized carbons (Fsp3) is 0.214. The fourth-order valence-electron chi connectivity index (χ4n) is 2.69. The van der Waals surface area contributed by atoms with Gasteiger partial charge in [-0.1, -0.05) is 22.0 Å². The van der Waals surface area contributed by atoms with Crippen LogP contribution in [0.1, 0.15) is 23.2 Å². The number of aldehydes is 1. The van der Waals surface area contributed by atoms with Crippen LogP contribution in [0.25, 0.3) is 0 Å². The normalized spacial score (nSPS) is 20.8. The first-order valence-electron chi connectivity index (χ1n) is 5.89. The summed E-state index contributed by atoms with van der Waals surface area (Å²) in [7, 11) is 0. The number of aryl methyl sites for hydroxylation is 1. The highest BCUT2D eigenvalue weighted by Crippen LogP contribution is 2.39. The number of nitrogens with zero attached hydrogens (tertiary/aromatic N) is 3. The summed E-state index contributed by atoms with van der Waals surface area (Å²) in [5.74, 6) is 0. The monoisotopic (exact) mass is 315 g/mol. The minimum atomic E-state index is -0.710. The smallest absolute Gasteiger partial charge is 0.150 e. The van der Waals surface area contributed by atoms with Crippen LogP contribution in [0.5, 0.6) is 0 Å². The van der Waals surface area contributed by atoms with Gasteiger partial charge in [0, 0.05) is 16.4 Å². The van der Waals surface area contributed by atoms with Crippen molar-refractivity contribution in [2.24, 2.45) is 0 Å². The topological polar surface area (TPSA) is 58.7 Å². The maximum absolute atomic E-state index is 11.8. The molecule has 3 rings (SSSR count). The minimum absolute atomic E-state index is 0.570. The van der Waals surface area contributed by atoms with Gasteiger partial charge in [0.2, 0.25) is 0 Å². The van der Waals surface area contributed by atoms with E-state index in [-0.39, 0.29) is 0 Å². The molecular formula is C14H10BrN3O. The van der Waals surface area contributed by atoms with Crippen molar-refractivity contribution >= 4 is 22.2 Å². The fourth-order valence-corrected chi connectivity index (χ4v) is 3.41. The van der Waals surface area contributed by atoms with Gasteiger partial charge < -0.3 is 9.36 Å². The number of halogens is 1. The highest BCUT2D eigenvalue weighted by atomic mass is 79.9. The van der Waals surface area contributed by atoms with E-state index in [1.54, 1.807) is 24.7 Å². The van der Waals surface area contributed by atoms with E-state index in [1.165, 1.54) is 0 Å². The molecule has 1 aromatic carbocycles. The molecule has 1 atom stereocenters. The molecule has 1 aromatic heterocycles. The van der Waals surface area contributed by atoms with Crippen molar-refractivity contribution < 1.29 is 4.79 Å². The quantitative estimate of drug-likeness (QED) is 0.800. The third-order valence-corrected chi connectivity index (χ3v) is 4.32. The molecular weight excluding hydrogens is 306 g/mol. The lowest BCUT2D eigenvalue weighted by atomic mass is 9.88. The number of hydrogen-bond acceptors (Lipinski definition) is 3. The number of imidazole rings is 1. The first-order valence-corrected chi connectivity index (χ1v) is 6.69. The summed E-state index contributed by atoms with van der Waals surface area (Å²) in [6.07, 6.45) is 6.01. The third-order valence-electron chi connectivity index (χ3n) is 3.67. The first kappa shape index (κ1) is 12.1. The summed E-state index contributed by atoms with van der Waals surface area (Å²) >= 11 is 3.47. The van der Waals surface area contributed by atoms with Crippen LogP contribution < -0.4 is 0 Å². The van der Waals surface area contributed by atoms with Crippen molar-refractivity contribution in [2.75, 3.05) is 0 Å². The Morgan fingerprint density at radius 3 is 3.05 bits per heavy atom. The number of carbonyl (C=O) groups excluding carboxylic acids is 1. The Labute approximate surface area is 118 Å². The van der Waals surface area contributed by atoms with Gasteiger partial charge in [-0.25, -0.2) is 4.98 Å². The summed E-state index contributed by atoms with van der Waals surface area (Å²) in [5, 5.41) is 8.91. The van der Waals surface area contributed by atoms with Crippen LogP contribution in [0, 0.1) is 11.3 Å². The molecule has 4 nitrogen and oxygen atoms in total. The predicted molar refractivity (Wildman–Crippen MR) is 72.5 cm³/mol. The van der Waals surface area contributed by atoms with Crippen LogP contribution >= 0.6 is 15.9 Å². The third kappa shape index (κ3) is 1.64. The molecule has 0 aliphatic carbocycles. The van der Waals surface area contributed by atoms with Crippen molar-refractivity contribution in [1.82, 2.24) is 9.55 Å². The lowest BCUT2D eigenvalue weighted by Crippen LogP contribution is -2.33. The van der Waals surface area contributed by atoms with Crippen LogP contribution in [0.2, 0.25) is 0 Å². The summed E-state index contributed by atoms with van der Waals surface area (Å²) in [4.78, 5) is 15.9. The van der Waals surface area contributed by atoms with E-state index < -0.39 is 5.54 Å². The number of fused-ring (bicyclic) bond motifs is 1. The molecule has 0 fully saturated rings. The van der Waals surface area contributed by atoms with Crippen LogP contribution in [0.15, 0.2) is 35.2 Å². The molecule has 1 aliphatic rings. The predicted octanol–water partition coefficient (Wildman–Crippen LogP) is 2.41. The van der Waals surface area contributed by atoms with Crippen molar-refractivity contribution in [3.05, 3.63) is 52.0 Å². The number of hydrogen-bond donors (Lipinski definition) is 0. The molecule has 0 saturated heterocycles. The Balaban J connectivity index is 2.20. The molecule has 0 bridgehead atoms. The number of carbonyl (C=O) groups is 1. The maximum atomic E-state index is 11.8. The molecule has 0 spiro atoms. The Hall–Kier alpha value is -1.93. The Morgan fingerprint density at radius 1 is 1.53 bits per heavy atom. The molecule has 0 amide bonds. The SMILES string of the molecule is N#Cc1ccc(C2(C=O)CCc3cncn32)c(Br)c1. The Morgan fingerprint density at radius 2 is 2.37 bits per heavy atom. The average molecular weight is 316 g/mol. The van der Waals surface area contributed by atoms with Crippen LogP contribution in [0.4, 0.5) is 0 Å². The zero-order valence-corrected chi connectivity index (χ0v) is 11.6. The van der Waals surface area contributed by atoms with E-state index in [1.807, 2.05) is 10.6 Å². The second-order valence-electron chi connectivity index (χ2n) is 4.60. The molecule has 94 valence electrons. The second-order valence-corrected chi connectivity index (χ2v) is 5.46. The van der Waals surface area contributed by atoms with Crippen molar-refractivity contribution in [1.29, 1.82) is 5.26 Å². The summed E-state index contributed by atoms with van der Waals surface area (Å²) in [6, 6.07) is 7.41. The summed E-state index contributed by atoms with van der Waals surface area (Å²) < 4.78 is 2.70. The summed E-state index contributed by atoms with van der Waals surface area (Å²) in [5.41, 5.74) is 1.79. The Bertz CT molecular complexity index is 701. The van der Waals surface area contributed by atoms with Gasteiger partial charge in [0.15, 0.2) is 6.29 Å². The Kier molecular flexibility index (Phi) is 2.76. The molecule has 2 aromatic rings. The number of rotatable bonds is 2. The van der Waals surface area contributed by atoms with Crippen molar-refractivity contribution in [3.63, 3.8) is 0 Å². The van der Waals surface area contributed by atoms with E-state index in [9.17, 15) is 4.79 Å². The number of nitriles is 1. The van der Waals surface area contributed by atoms with E-state index >= 15 is 0 Å². The number of benzene rings is 1. The molecule has 1 unspecified atom stereocenters. The van der Waals surface area contributed by atoms with Gasteiger partial charge in [-0.3, -0.25) is 0 Å². The van der Waals surface area contributed by atoms with Gasteiger partial charge in [-0.05, 0) is 30.5 Å². The second kappa shape index (κ2) is 4.32. The molecule has 19 heavy (non-hydrogen) atoms. The van der Waals surface area contributed by atoms with E-state index in [4.69, 9.17) is 5.26 Å². The summed E-state index contributed by atoms with van der Waals surface area (Å²) in [6.45, 7) is 0.